The normalized spacial score (nSPS) is 20.3. The molecule has 19 heavy (non-hydrogen) atoms. The van der Waals surface area contributed by atoms with Crippen molar-refractivity contribution >= 4 is 11.6 Å². The summed E-state index contributed by atoms with van der Waals surface area (Å²) in [5, 5.41) is 0. The average molecular weight is 259 g/mol. The van der Waals surface area contributed by atoms with Crippen LogP contribution in [0.15, 0.2) is 29.3 Å². The molecule has 0 radical (unpaired) electrons. The van der Waals surface area contributed by atoms with E-state index in [2.05, 4.69) is 34.2 Å². The van der Waals surface area contributed by atoms with Gasteiger partial charge in [-0.25, -0.2) is 4.99 Å². The number of anilines is 1. The van der Waals surface area contributed by atoms with Crippen LogP contribution in [0.3, 0.4) is 0 Å². The first-order valence-corrected chi connectivity index (χ1v) is 7.09. The maximum atomic E-state index is 5.73. The van der Waals surface area contributed by atoms with Crippen LogP contribution in [0.2, 0.25) is 0 Å². The quantitative estimate of drug-likeness (QED) is 0.897. The van der Waals surface area contributed by atoms with Gasteiger partial charge < -0.3 is 15.4 Å². The van der Waals surface area contributed by atoms with E-state index in [0.717, 1.165) is 37.6 Å². The largest absolute Gasteiger partial charge is 0.476 e. The van der Waals surface area contributed by atoms with E-state index in [4.69, 9.17) is 10.5 Å². The molecule has 0 atom stereocenters. The van der Waals surface area contributed by atoms with Crippen LogP contribution < -0.4 is 10.6 Å². The van der Waals surface area contributed by atoms with E-state index in [1.165, 1.54) is 18.5 Å². The molecule has 0 bridgehead atoms. The summed E-state index contributed by atoms with van der Waals surface area (Å²) in [6.45, 7) is 4.54. The maximum absolute atomic E-state index is 5.73. The van der Waals surface area contributed by atoms with Crippen LogP contribution in [-0.2, 0) is 4.74 Å². The molecule has 0 aliphatic carbocycles. The lowest BCUT2D eigenvalue weighted by Gasteiger charge is -2.33. The third-order valence-corrected chi connectivity index (χ3v) is 4.01. The predicted octanol–water partition coefficient (Wildman–Crippen LogP) is 1.64. The minimum absolute atomic E-state index is 0.705. The van der Waals surface area contributed by atoms with Gasteiger partial charge in [0.05, 0.1) is 6.54 Å². The minimum Gasteiger partial charge on any atom is -0.476 e. The van der Waals surface area contributed by atoms with Gasteiger partial charge in [0.1, 0.15) is 6.61 Å². The van der Waals surface area contributed by atoms with Crippen molar-refractivity contribution in [2.24, 2.45) is 16.6 Å². The molecule has 1 aromatic carbocycles. The van der Waals surface area contributed by atoms with Gasteiger partial charge in [-0.15, -0.1) is 0 Å². The van der Waals surface area contributed by atoms with Crippen molar-refractivity contribution in [2.45, 2.75) is 12.8 Å². The minimum atomic E-state index is 0.705. The molecule has 0 saturated carbocycles. The Hall–Kier alpha value is -1.55. The molecular formula is C15H21N3O. The zero-order valence-corrected chi connectivity index (χ0v) is 11.2. The molecule has 0 spiro atoms. The first-order valence-electron chi connectivity index (χ1n) is 7.09. The summed E-state index contributed by atoms with van der Waals surface area (Å²) in [7, 11) is 0. The van der Waals surface area contributed by atoms with E-state index >= 15 is 0 Å². The molecule has 1 saturated heterocycles. The topological polar surface area (TPSA) is 50.8 Å². The zero-order valence-electron chi connectivity index (χ0n) is 11.2. The fourth-order valence-corrected chi connectivity index (χ4v) is 2.75. The number of nitrogens with two attached hydrogens (primary N) is 1. The summed E-state index contributed by atoms with van der Waals surface area (Å²) in [6.07, 6.45) is 2.40. The third kappa shape index (κ3) is 2.73. The number of hydrogen-bond acceptors (Lipinski definition) is 4. The zero-order chi connectivity index (χ0) is 13.1. The van der Waals surface area contributed by atoms with Gasteiger partial charge >= 0.3 is 0 Å². The fraction of sp³-hybridized carbons (Fsp3) is 0.533. The highest BCUT2D eigenvalue weighted by atomic mass is 16.5. The summed E-state index contributed by atoms with van der Waals surface area (Å²) in [5.74, 6) is 1.49. The van der Waals surface area contributed by atoms with E-state index in [1.54, 1.807) is 0 Å². The molecule has 1 aromatic rings. The highest BCUT2D eigenvalue weighted by Gasteiger charge is 2.18. The molecule has 4 nitrogen and oxygen atoms in total. The Bertz CT molecular complexity index is 447. The number of hydrogen-bond donors (Lipinski definition) is 1. The average Bonchev–Trinajstić information content (AvgIpc) is 3.02. The van der Waals surface area contributed by atoms with Gasteiger partial charge in [-0.3, -0.25) is 0 Å². The number of aliphatic imine (C=N–C) groups is 1. The smallest absolute Gasteiger partial charge is 0.216 e. The Balaban J connectivity index is 1.66. The Morgan fingerprint density at radius 2 is 1.95 bits per heavy atom. The highest BCUT2D eigenvalue weighted by molar-refractivity contribution is 5.95. The third-order valence-electron chi connectivity index (χ3n) is 4.01. The van der Waals surface area contributed by atoms with E-state index in [-0.39, 0.29) is 0 Å². The van der Waals surface area contributed by atoms with Crippen LogP contribution in [0, 0.1) is 5.92 Å². The first-order chi connectivity index (χ1) is 9.36. The van der Waals surface area contributed by atoms with Crippen molar-refractivity contribution in [1.82, 2.24) is 0 Å². The summed E-state index contributed by atoms with van der Waals surface area (Å²) in [4.78, 5) is 6.77. The lowest BCUT2D eigenvalue weighted by atomic mass is 9.96. The summed E-state index contributed by atoms with van der Waals surface area (Å²) in [6, 6.07) is 8.55. The standard InChI is InChI=1S/C15H21N3O/c16-11-12-5-8-18(9-6-12)14-3-1-13(2-4-14)15-17-7-10-19-15/h1-4,12H,5-11,16H2. The Morgan fingerprint density at radius 1 is 1.21 bits per heavy atom. The molecular weight excluding hydrogens is 238 g/mol. The van der Waals surface area contributed by atoms with Crippen LogP contribution in [0.1, 0.15) is 18.4 Å². The molecule has 0 aromatic heterocycles. The van der Waals surface area contributed by atoms with Crippen molar-refractivity contribution in [3.05, 3.63) is 29.8 Å². The van der Waals surface area contributed by atoms with Crippen molar-refractivity contribution < 1.29 is 4.74 Å². The first kappa shape index (κ1) is 12.5. The monoisotopic (exact) mass is 259 g/mol. The fourth-order valence-electron chi connectivity index (χ4n) is 2.75. The molecule has 3 rings (SSSR count). The van der Waals surface area contributed by atoms with E-state index in [9.17, 15) is 0 Å². The molecule has 2 N–H and O–H groups in total. The summed E-state index contributed by atoms with van der Waals surface area (Å²) >= 11 is 0. The van der Waals surface area contributed by atoms with Crippen molar-refractivity contribution in [2.75, 3.05) is 37.7 Å². The Labute approximate surface area is 114 Å². The lowest BCUT2D eigenvalue weighted by molar-refractivity contribution is 0.348. The van der Waals surface area contributed by atoms with Gasteiger partial charge in [-0.1, -0.05) is 0 Å². The van der Waals surface area contributed by atoms with Gasteiger partial charge in [0, 0.05) is 24.3 Å². The van der Waals surface area contributed by atoms with E-state index in [0.29, 0.717) is 12.5 Å². The Kier molecular flexibility index (Phi) is 3.69. The van der Waals surface area contributed by atoms with E-state index in [1.807, 2.05) is 0 Å². The lowest BCUT2D eigenvalue weighted by Crippen LogP contribution is -2.36. The van der Waals surface area contributed by atoms with Gasteiger partial charge in [-0.05, 0) is 49.6 Å². The van der Waals surface area contributed by atoms with Crippen LogP contribution in [-0.4, -0.2) is 38.7 Å². The number of piperidine rings is 1. The molecule has 0 unspecified atom stereocenters. The molecule has 0 amide bonds. The second-order valence-corrected chi connectivity index (χ2v) is 5.25. The van der Waals surface area contributed by atoms with Gasteiger partial charge in [0.25, 0.3) is 0 Å². The van der Waals surface area contributed by atoms with Crippen molar-refractivity contribution in [3.63, 3.8) is 0 Å². The molecule has 2 aliphatic heterocycles. The molecule has 102 valence electrons. The van der Waals surface area contributed by atoms with E-state index < -0.39 is 0 Å². The SMILES string of the molecule is NCC1CCN(c2ccc(C3=NCCO3)cc2)CC1. The number of rotatable bonds is 3. The molecule has 2 aliphatic rings. The second-order valence-electron chi connectivity index (χ2n) is 5.25. The summed E-state index contributed by atoms with van der Waals surface area (Å²) in [5.41, 5.74) is 8.10. The van der Waals surface area contributed by atoms with Crippen LogP contribution in [0.4, 0.5) is 5.69 Å². The Morgan fingerprint density at radius 3 is 2.53 bits per heavy atom. The second kappa shape index (κ2) is 5.61. The van der Waals surface area contributed by atoms with Crippen LogP contribution in [0.25, 0.3) is 0 Å². The summed E-state index contributed by atoms with van der Waals surface area (Å²) < 4.78 is 5.48. The highest BCUT2D eigenvalue weighted by Crippen LogP contribution is 2.23. The molecule has 1 fully saturated rings. The van der Waals surface area contributed by atoms with Gasteiger partial charge in [-0.2, -0.15) is 0 Å². The van der Waals surface area contributed by atoms with Crippen LogP contribution >= 0.6 is 0 Å². The van der Waals surface area contributed by atoms with Gasteiger partial charge in [0.15, 0.2) is 0 Å². The molecule has 2 heterocycles. The number of benzene rings is 1. The number of nitrogens with zero attached hydrogens (tertiary/aromatic N) is 2. The molecule has 4 heteroatoms. The van der Waals surface area contributed by atoms with Gasteiger partial charge in [0.2, 0.25) is 5.90 Å². The predicted molar refractivity (Wildman–Crippen MR) is 77.8 cm³/mol. The van der Waals surface area contributed by atoms with Crippen LogP contribution in [0.5, 0.6) is 0 Å². The number of ether oxygens (including phenoxy) is 1. The maximum Gasteiger partial charge on any atom is 0.216 e. The van der Waals surface area contributed by atoms with Crippen molar-refractivity contribution in [1.29, 1.82) is 0 Å². The van der Waals surface area contributed by atoms with Crippen molar-refractivity contribution in [3.8, 4) is 0 Å².